The summed E-state index contributed by atoms with van der Waals surface area (Å²) in [5, 5.41) is 0. The smallest absolute Gasteiger partial charge is 0.341 e. The maximum Gasteiger partial charge on any atom is 0.341 e. The van der Waals surface area contributed by atoms with Crippen LogP contribution in [0.2, 0.25) is 0 Å². The minimum Gasteiger partial charge on any atom is -0.459 e. The molecule has 2 N–H and O–H groups in total. The van der Waals surface area contributed by atoms with Gasteiger partial charge in [0.25, 0.3) is 0 Å². The quantitative estimate of drug-likeness (QED) is 0.487. The zero-order chi connectivity index (χ0) is 15.9. The Balaban J connectivity index is 2.58. The van der Waals surface area contributed by atoms with Crippen LogP contribution in [0, 0.1) is 5.92 Å². The molecule has 0 saturated heterocycles. The molecule has 1 rings (SSSR count). The summed E-state index contributed by atoms with van der Waals surface area (Å²) in [6.45, 7) is 5.25. The number of hydrogen-bond acceptors (Lipinski definition) is 6. The zero-order valence-corrected chi connectivity index (χ0v) is 12.5. The average molecular weight is 295 g/mol. The van der Waals surface area contributed by atoms with Crippen molar-refractivity contribution in [1.82, 2.24) is 0 Å². The molecule has 6 nitrogen and oxygen atoms in total. The van der Waals surface area contributed by atoms with Crippen molar-refractivity contribution in [3.63, 3.8) is 0 Å². The summed E-state index contributed by atoms with van der Waals surface area (Å²) in [6, 6.07) is 9.39. The molecule has 116 valence electrons. The van der Waals surface area contributed by atoms with Gasteiger partial charge in [-0.2, -0.15) is 5.90 Å². The number of carbonyl (C=O) groups is 2. The van der Waals surface area contributed by atoms with Gasteiger partial charge in [-0.05, 0) is 26.3 Å². The van der Waals surface area contributed by atoms with Crippen molar-refractivity contribution in [2.45, 2.75) is 33.0 Å². The van der Waals surface area contributed by atoms with Gasteiger partial charge in [-0.15, -0.1) is 0 Å². The van der Waals surface area contributed by atoms with Crippen LogP contribution >= 0.6 is 0 Å². The molecular formula is C15H21NO5. The lowest BCUT2D eigenvalue weighted by Gasteiger charge is -2.22. The van der Waals surface area contributed by atoms with Crippen molar-refractivity contribution in [1.29, 1.82) is 0 Å². The molecule has 1 aromatic carbocycles. The first kappa shape index (κ1) is 17.1. The van der Waals surface area contributed by atoms with Crippen LogP contribution < -0.4 is 5.90 Å². The molecule has 0 fully saturated rings. The number of carbonyl (C=O) groups excluding carboxylic acids is 2. The Morgan fingerprint density at radius 1 is 1.14 bits per heavy atom. The van der Waals surface area contributed by atoms with E-state index in [9.17, 15) is 9.59 Å². The number of ether oxygens (including phenoxy) is 2. The van der Waals surface area contributed by atoms with Crippen LogP contribution in [0.25, 0.3) is 0 Å². The van der Waals surface area contributed by atoms with E-state index in [1.807, 2.05) is 30.3 Å². The van der Waals surface area contributed by atoms with Crippen LogP contribution in [0.3, 0.4) is 0 Å². The molecule has 21 heavy (non-hydrogen) atoms. The van der Waals surface area contributed by atoms with Gasteiger partial charge in [-0.3, -0.25) is 4.79 Å². The van der Waals surface area contributed by atoms with Crippen LogP contribution in [-0.4, -0.2) is 24.1 Å². The van der Waals surface area contributed by atoms with E-state index >= 15 is 0 Å². The van der Waals surface area contributed by atoms with E-state index in [4.69, 9.17) is 15.4 Å². The van der Waals surface area contributed by atoms with Gasteiger partial charge in [0.15, 0.2) is 5.92 Å². The van der Waals surface area contributed by atoms with Gasteiger partial charge >= 0.3 is 11.9 Å². The molecule has 0 bridgehead atoms. The summed E-state index contributed by atoms with van der Waals surface area (Å²) in [4.78, 5) is 27.6. The molecule has 0 aliphatic carbocycles. The fourth-order valence-corrected chi connectivity index (χ4v) is 1.56. The summed E-state index contributed by atoms with van der Waals surface area (Å²) in [5.41, 5.74) is 0.227. The van der Waals surface area contributed by atoms with Crippen molar-refractivity contribution in [3.05, 3.63) is 35.9 Å². The van der Waals surface area contributed by atoms with Crippen molar-refractivity contribution in [3.8, 4) is 0 Å². The normalized spacial score (nSPS) is 12.6. The maximum atomic E-state index is 11.9. The predicted molar refractivity (Wildman–Crippen MR) is 75.7 cm³/mol. The highest BCUT2D eigenvalue weighted by molar-refractivity contribution is 5.95. The Bertz CT molecular complexity index is 467. The summed E-state index contributed by atoms with van der Waals surface area (Å²) in [6.07, 6.45) is 0. The van der Waals surface area contributed by atoms with Gasteiger partial charge in [0.2, 0.25) is 0 Å². The summed E-state index contributed by atoms with van der Waals surface area (Å²) in [7, 11) is 0. The van der Waals surface area contributed by atoms with Gasteiger partial charge in [0.1, 0.15) is 5.60 Å². The van der Waals surface area contributed by atoms with Gasteiger partial charge < -0.3 is 14.3 Å². The Labute approximate surface area is 124 Å². The van der Waals surface area contributed by atoms with Gasteiger partial charge in [0.05, 0.1) is 13.2 Å². The number of nitrogens with two attached hydrogens (primary N) is 1. The van der Waals surface area contributed by atoms with Crippen molar-refractivity contribution in [2.24, 2.45) is 11.8 Å². The number of rotatable bonds is 6. The third-order valence-corrected chi connectivity index (χ3v) is 2.49. The van der Waals surface area contributed by atoms with Crippen molar-refractivity contribution < 1.29 is 23.9 Å². The van der Waals surface area contributed by atoms with Crippen LogP contribution in [0.1, 0.15) is 26.3 Å². The van der Waals surface area contributed by atoms with E-state index in [2.05, 4.69) is 4.84 Å². The van der Waals surface area contributed by atoms with Gasteiger partial charge in [-0.25, -0.2) is 4.79 Å². The first-order chi connectivity index (χ1) is 9.83. The molecular weight excluding hydrogens is 274 g/mol. The minimum atomic E-state index is -1.20. The molecule has 0 aliphatic heterocycles. The third-order valence-electron chi connectivity index (χ3n) is 2.49. The minimum absolute atomic E-state index is 0.153. The van der Waals surface area contributed by atoms with Gasteiger partial charge in [0, 0.05) is 0 Å². The highest BCUT2D eigenvalue weighted by Gasteiger charge is 2.32. The predicted octanol–water partition coefficient (Wildman–Crippen LogP) is 1.58. The lowest BCUT2D eigenvalue weighted by Crippen LogP contribution is -2.37. The van der Waals surface area contributed by atoms with E-state index in [0.717, 1.165) is 5.56 Å². The molecule has 1 atom stereocenters. The Hall–Kier alpha value is -1.92. The largest absolute Gasteiger partial charge is 0.459 e. The molecule has 0 spiro atoms. The molecule has 0 aromatic heterocycles. The Morgan fingerprint density at radius 2 is 1.76 bits per heavy atom. The van der Waals surface area contributed by atoms with Crippen LogP contribution in [-0.2, 0) is 30.5 Å². The summed E-state index contributed by atoms with van der Waals surface area (Å²) >= 11 is 0. The van der Waals surface area contributed by atoms with E-state index in [1.165, 1.54) is 0 Å². The molecule has 0 heterocycles. The molecule has 0 radical (unpaired) electrons. The van der Waals surface area contributed by atoms with Gasteiger partial charge in [-0.1, -0.05) is 30.3 Å². The standard InChI is InChI=1S/C15H21NO5/c1-15(2,3)20-13(17)12(14(18)21-16)10-19-9-11-7-5-4-6-8-11/h4-8,12H,9-10,16H2,1-3H3. The van der Waals surface area contributed by atoms with Crippen LogP contribution in [0.5, 0.6) is 0 Å². The Morgan fingerprint density at radius 3 is 2.29 bits per heavy atom. The fourth-order valence-electron chi connectivity index (χ4n) is 1.56. The average Bonchev–Trinajstić information content (AvgIpc) is 2.42. The lowest BCUT2D eigenvalue weighted by molar-refractivity contribution is -0.172. The first-order valence-corrected chi connectivity index (χ1v) is 6.58. The van der Waals surface area contributed by atoms with Crippen molar-refractivity contribution in [2.75, 3.05) is 6.61 Å². The number of hydrogen-bond donors (Lipinski definition) is 1. The third kappa shape index (κ3) is 6.37. The molecule has 0 aliphatic rings. The van der Waals surface area contributed by atoms with Crippen molar-refractivity contribution >= 4 is 11.9 Å². The Kier molecular flexibility index (Phi) is 6.33. The highest BCUT2D eigenvalue weighted by Crippen LogP contribution is 2.13. The number of esters is 1. The zero-order valence-electron chi connectivity index (χ0n) is 12.5. The second-order valence-corrected chi connectivity index (χ2v) is 5.52. The molecule has 6 heteroatoms. The topological polar surface area (TPSA) is 87.8 Å². The van der Waals surface area contributed by atoms with E-state index in [0.29, 0.717) is 0 Å². The highest BCUT2D eigenvalue weighted by atomic mass is 16.7. The van der Waals surface area contributed by atoms with Crippen LogP contribution in [0.15, 0.2) is 30.3 Å². The molecule has 1 unspecified atom stereocenters. The van der Waals surface area contributed by atoms with E-state index < -0.39 is 23.5 Å². The molecule has 0 saturated carbocycles. The summed E-state index contributed by atoms with van der Waals surface area (Å²) in [5.74, 6) is 2.05. The van der Waals surface area contributed by atoms with E-state index in [1.54, 1.807) is 20.8 Å². The second kappa shape index (κ2) is 7.75. The SMILES string of the molecule is CC(C)(C)OC(=O)C(COCc1ccccc1)C(=O)ON. The van der Waals surface area contributed by atoms with E-state index in [-0.39, 0.29) is 13.2 Å². The molecule has 1 aromatic rings. The van der Waals surface area contributed by atoms with Crippen LogP contribution in [0.4, 0.5) is 0 Å². The lowest BCUT2D eigenvalue weighted by atomic mass is 10.1. The number of benzene rings is 1. The summed E-state index contributed by atoms with van der Waals surface area (Å²) < 4.78 is 10.5. The first-order valence-electron chi connectivity index (χ1n) is 6.58. The monoisotopic (exact) mass is 295 g/mol. The maximum absolute atomic E-state index is 11.9. The molecule has 0 amide bonds. The fraction of sp³-hybridized carbons (Fsp3) is 0.467. The second-order valence-electron chi connectivity index (χ2n) is 5.52.